The minimum absolute atomic E-state index is 0.146. The summed E-state index contributed by atoms with van der Waals surface area (Å²) < 4.78 is 11.0. The highest BCUT2D eigenvalue weighted by Crippen LogP contribution is 2.29. The van der Waals surface area contributed by atoms with Gasteiger partial charge in [-0.15, -0.1) is 0 Å². The highest BCUT2D eigenvalue weighted by Gasteiger charge is 2.43. The normalized spacial score (nSPS) is 26.0. The largest absolute Gasteiger partial charge is 0.477 e. The van der Waals surface area contributed by atoms with E-state index in [4.69, 9.17) is 19.4 Å². The molecule has 0 radical (unpaired) electrons. The predicted octanol–water partition coefficient (Wildman–Crippen LogP) is 4.15. The van der Waals surface area contributed by atoms with Crippen molar-refractivity contribution in [3.8, 4) is 0 Å². The van der Waals surface area contributed by atoms with Gasteiger partial charge in [0.05, 0.1) is 18.4 Å². The smallest absolute Gasteiger partial charge is 0.364 e. The Kier molecular flexibility index (Phi) is 7.80. The summed E-state index contributed by atoms with van der Waals surface area (Å²) in [4.78, 5) is 16.7. The summed E-state index contributed by atoms with van der Waals surface area (Å²) in [7, 11) is 0. The van der Waals surface area contributed by atoms with Gasteiger partial charge in [-0.2, -0.15) is 0 Å². The van der Waals surface area contributed by atoms with Gasteiger partial charge in [0.25, 0.3) is 5.79 Å². The lowest BCUT2D eigenvalue weighted by atomic mass is 9.96. The Morgan fingerprint density at radius 3 is 2.63 bits per heavy atom. The van der Waals surface area contributed by atoms with E-state index in [1.165, 1.54) is 12.5 Å². The van der Waals surface area contributed by atoms with Gasteiger partial charge in [0.15, 0.2) is 0 Å². The lowest BCUT2D eigenvalue weighted by Gasteiger charge is -2.39. The second-order valence-electron chi connectivity index (χ2n) is 7.23. The highest BCUT2D eigenvalue weighted by atomic mass is 16.7. The first-order valence-corrected chi connectivity index (χ1v) is 9.66. The summed E-state index contributed by atoms with van der Waals surface area (Å²) in [6, 6.07) is 8.28. The number of aryl methyl sites for hydroxylation is 1. The van der Waals surface area contributed by atoms with Crippen molar-refractivity contribution < 1.29 is 24.2 Å². The molecule has 6 heteroatoms. The fourth-order valence-electron chi connectivity index (χ4n) is 3.08. The van der Waals surface area contributed by atoms with Gasteiger partial charge in [-0.1, -0.05) is 41.9 Å². The third kappa shape index (κ3) is 6.04. The maximum absolute atomic E-state index is 11.2. The van der Waals surface area contributed by atoms with Crippen LogP contribution in [0.3, 0.4) is 0 Å². The molecule has 0 saturated carbocycles. The Morgan fingerprint density at radius 1 is 1.33 bits per heavy atom. The van der Waals surface area contributed by atoms with Gasteiger partial charge < -0.3 is 19.4 Å². The van der Waals surface area contributed by atoms with E-state index in [1.54, 1.807) is 0 Å². The molecule has 0 bridgehead atoms. The van der Waals surface area contributed by atoms with Crippen LogP contribution in [0.1, 0.15) is 57.6 Å². The van der Waals surface area contributed by atoms with E-state index >= 15 is 0 Å². The van der Waals surface area contributed by atoms with Gasteiger partial charge in [0.2, 0.25) is 0 Å². The summed E-state index contributed by atoms with van der Waals surface area (Å²) in [6.45, 7) is 8.45. The molecule has 6 nitrogen and oxygen atoms in total. The van der Waals surface area contributed by atoms with Crippen molar-refractivity contribution in [1.29, 1.82) is 0 Å². The number of hydrogen-bond acceptors (Lipinski definition) is 5. The Labute approximate surface area is 161 Å². The van der Waals surface area contributed by atoms with Crippen molar-refractivity contribution in [3.05, 3.63) is 35.4 Å². The summed E-state index contributed by atoms with van der Waals surface area (Å²) in [6.07, 6.45) is 3.41. The molecule has 2 rings (SSSR count). The van der Waals surface area contributed by atoms with Crippen molar-refractivity contribution in [2.45, 2.75) is 65.3 Å². The molecule has 3 atom stereocenters. The zero-order chi connectivity index (χ0) is 19.9. The van der Waals surface area contributed by atoms with Crippen LogP contribution >= 0.6 is 0 Å². The molecule has 0 aliphatic carbocycles. The standard InChI is InChI=1S/C21H31NO5/c1-5-19(17-11-9-15(2)10-12-17)22-26-13-7-6-8-18-14-25-21(4,20(23)24)27-16(18)3/h9-12,16,18H,5-8,13-14H2,1-4H3,(H,23,24). The van der Waals surface area contributed by atoms with Crippen LogP contribution in [-0.4, -0.2) is 41.9 Å². The number of unbranched alkanes of at least 4 members (excludes halogenated alkanes) is 1. The van der Waals surface area contributed by atoms with Gasteiger partial charge in [0, 0.05) is 12.8 Å². The summed E-state index contributed by atoms with van der Waals surface area (Å²) >= 11 is 0. The second kappa shape index (κ2) is 9.85. The van der Waals surface area contributed by atoms with E-state index in [9.17, 15) is 4.79 Å². The average molecular weight is 377 g/mol. The first-order valence-electron chi connectivity index (χ1n) is 9.66. The van der Waals surface area contributed by atoms with E-state index in [2.05, 4.69) is 43.3 Å². The Morgan fingerprint density at radius 2 is 2.04 bits per heavy atom. The van der Waals surface area contributed by atoms with Gasteiger partial charge in [-0.05, 0) is 45.1 Å². The molecule has 1 fully saturated rings. The van der Waals surface area contributed by atoms with Crippen molar-refractivity contribution in [1.82, 2.24) is 0 Å². The molecule has 0 amide bonds. The van der Waals surface area contributed by atoms with Crippen LogP contribution < -0.4 is 0 Å². The minimum atomic E-state index is -1.53. The Balaban J connectivity index is 1.70. The van der Waals surface area contributed by atoms with E-state index in [1.807, 2.05) is 6.92 Å². The van der Waals surface area contributed by atoms with Crippen LogP contribution in [0.4, 0.5) is 0 Å². The first kappa shape index (κ1) is 21.4. The molecule has 1 aliphatic rings. The maximum Gasteiger partial charge on any atom is 0.364 e. The predicted molar refractivity (Wildman–Crippen MR) is 104 cm³/mol. The SMILES string of the molecule is CCC(=NOCCCCC1COC(C)(C(=O)O)OC1C)c1ccc(C)cc1. The molecule has 1 heterocycles. The number of carboxylic acid groups (broad SMARTS) is 1. The molecular formula is C21H31NO5. The van der Waals surface area contributed by atoms with Gasteiger partial charge in [-0.3, -0.25) is 0 Å². The van der Waals surface area contributed by atoms with Crippen molar-refractivity contribution in [2.75, 3.05) is 13.2 Å². The van der Waals surface area contributed by atoms with E-state index in [0.717, 1.165) is 37.0 Å². The number of carboxylic acids is 1. The van der Waals surface area contributed by atoms with Crippen molar-refractivity contribution in [3.63, 3.8) is 0 Å². The third-order valence-electron chi connectivity index (χ3n) is 4.99. The number of rotatable bonds is 9. The maximum atomic E-state index is 11.2. The first-order chi connectivity index (χ1) is 12.9. The number of oxime groups is 1. The van der Waals surface area contributed by atoms with Crippen LogP contribution in [0.2, 0.25) is 0 Å². The van der Waals surface area contributed by atoms with Crippen LogP contribution in [0.25, 0.3) is 0 Å². The molecule has 0 aromatic heterocycles. The molecule has 1 N–H and O–H groups in total. The van der Waals surface area contributed by atoms with Crippen LogP contribution in [-0.2, 0) is 19.1 Å². The molecule has 1 aromatic carbocycles. The molecule has 1 aliphatic heterocycles. The molecule has 1 saturated heterocycles. The van der Waals surface area contributed by atoms with Gasteiger partial charge in [0.1, 0.15) is 6.61 Å². The monoisotopic (exact) mass is 377 g/mol. The van der Waals surface area contributed by atoms with Gasteiger partial charge >= 0.3 is 5.97 Å². The summed E-state index contributed by atoms with van der Waals surface area (Å²) in [5.41, 5.74) is 3.27. The number of carbonyl (C=O) groups is 1. The number of benzene rings is 1. The van der Waals surface area contributed by atoms with Crippen molar-refractivity contribution in [2.24, 2.45) is 11.1 Å². The summed E-state index contributed by atoms with van der Waals surface area (Å²) in [5, 5.41) is 13.4. The minimum Gasteiger partial charge on any atom is -0.477 e. The summed E-state index contributed by atoms with van der Waals surface area (Å²) in [5.74, 6) is -2.42. The number of nitrogens with zero attached hydrogens (tertiary/aromatic N) is 1. The topological polar surface area (TPSA) is 77.4 Å². The fraction of sp³-hybridized carbons (Fsp3) is 0.619. The van der Waals surface area contributed by atoms with Gasteiger partial charge in [-0.25, -0.2) is 4.79 Å². The lowest BCUT2D eigenvalue weighted by molar-refractivity contribution is -0.292. The van der Waals surface area contributed by atoms with E-state index < -0.39 is 11.8 Å². The van der Waals surface area contributed by atoms with E-state index in [-0.39, 0.29) is 12.0 Å². The zero-order valence-corrected chi connectivity index (χ0v) is 16.7. The third-order valence-corrected chi connectivity index (χ3v) is 4.99. The number of hydrogen-bond donors (Lipinski definition) is 1. The second-order valence-corrected chi connectivity index (χ2v) is 7.23. The quantitative estimate of drug-likeness (QED) is 0.397. The molecule has 27 heavy (non-hydrogen) atoms. The molecule has 0 spiro atoms. The zero-order valence-electron chi connectivity index (χ0n) is 16.7. The number of ether oxygens (including phenoxy) is 2. The van der Waals surface area contributed by atoms with Crippen LogP contribution in [0.5, 0.6) is 0 Å². The Hall–Kier alpha value is -1.92. The molecule has 1 aromatic rings. The van der Waals surface area contributed by atoms with Crippen LogP contribution in [0.15, 0.2) is 29.4 Å². The Bertz CT molecular complexity index is 642. The van der Waals surface area contributed by atoms with Crippen molar-refractivity contribution >= 4 is 11.7 Å². The number of aliphatic carboxylic acids is 1. The molecular weight excluding hydrogens is 346 g/mol. The lowest BCUT2D eigenvalue weighted by Crippen LogP contribution is -2.51. The average Bonchev–Trinajstić information content (AvgIpc) is 2.63. The molecule has 150 valence electrons. The fourth-order valence-corrected chi connectivity index (χ4v) is 3.08. The molecule has 3 unspecified atom stereocenters. The highest BCUT2D eigenvalue weighted by molar-refractivity contribution is 6.00. The van der Waals surface area contributed by atoms with E-state index in [0.29, 0.717) is 13.2 Å². The van der Waals surface area contributed by atoms with Crippen LogP contribution in [0, 0.1) is 12.8 Å².